The minimum Gasteiger partial charge on any atom is -0.356 e. The van der Waals surface area contributed by atoms with Crippen molar-refractivity contribution in [1.82, 2.24) is 20.0 Å². The minimum atomic E-state index is 0.710. The number of hydrogen-bond donors (Lipinski definition) is 0. The lowest BCUT2D eigenvalue weighted by Gasteiger charge is -2.27. The van der Waals surface area contributed by atoms with Gasteiger partial charge in [0.25, 0.3) is 0 Å². The molecule has 2 aliphatic heterocycles. The van der Waals surface area contributed by atoms with E-state index in [-0.39, 0.29) is 0 Å². The molecule has 148 valence electrons. The molecule has 0 fully saturated rings. The molecule has 0 bridgehead atoms. The number of halogens is 1. The van der Waals surface area contributed by atoms with Gasteiger partial charge in [-0.15, -0.1) is 0 Å². The van der Waals surface area contributed by atoms with Crippen molar-refractivity contribution in [2.75, 3.05) is 13.1 Å². The third-order valence-corrected chi connectivity index (χ3v) is 5.72. The van der Waals surface area contributed by atoms with E-state index in [9.17, 15) is 0 Å². The average molecular weight is 408 g/mol. The molecule has 29 heavy (non-hydrogen) atoms. The zero-order chi connectivity index (χ0) is 19.6. The van der Waals surface area contributed by atoms with Crippen LogP contribution >= 0.6 is 11.6 Å². The van der Waals surface area contributed by atoms with E-state index in [1.807, 2.05) is 36.5 Å². The molecular weight excluding hydrogens is 386 g/mol. The van der Waals surface area contributed by atoms with E-state index in [0.717, 1.165) is 73.3 Å². The largest absolute Gasteiger partial charge is 0.356 e. The summed E-state index contributed by atoms with van der Waals surface area (Å²) in [6, 6.07) is 9.59. The van der Waals surface area contributed by atoms with Crippen LogP contribution in [0, 0.1) is 0 Å². The van der Waals surface area contributed by atoms with Gasteiger partial charge in [0.15, 0.2) is 11.6 Å². The Morgan fingerprint density at radius 3 is 2.83 bits per heavy atom. The first-order chi connectivity index (χ1) is 14.2. The van der Waals surface area contributed by atoms with Crippen molar-refractivity contribution in [2.24, 2.45) is 4.99 Å². The monoisotopic (exact) mass is 407 g/mol. The highest BCUT2D eigenvalue weighted by Gasteiger charge is 2.21. The zero-order valence-electron chi connectivity index (χ0n) is 16.1. The van der Waals surface area contributed by atoms with Gasteiger partial charge in [-0.2, -0.15) is 0 Å². The molecule has 0 aliphatic carbocycles. The van der Waals surface area contributed by atoms with Crippen LogP contribution in [0.1, 0.15) is 42.0 Å². The van der Waals surface area contributed by atoms with Crippen LogP contribution in [0.25, 0.3) is 11.3 Å². The Morgan fingerprint density at radius 1 is 1.10 bits per heavy atom. The maximum absolute atomic E-state index is 5.96. The van der Waals surface area contributed by atoms with Crippen molar-refractivity contribution >= 4 is 17.3 Å². The highest BCUT2D eigenvalue weighted by Crippen LogP contribution is 2.24. The molecule has 0 spiro atoms. The molecule has 2 aliphatic rings. The minimum absolute atomic E-state index is 0.710. The average Bonchev–Trinajstić information content (AvgIpc) is 3.23. The molecule has 3 aromatic rings. The van der Waals surface area contributed by atoms with Gasteiger partial charge in [-0.1, -0.05) is 16.8 Å². The summed E-state index contributed by atoms with van der Waals surface area (Å²) in [5, 5.41) is 4.95. The lowest BCUT2D eigenvalue weighted by atomic mass is 10.1. The molecule has 0 radical (unpaired) electrons. The summed E-state index contributed by atoms with van der Waals surface area (Å²) in [5.74, 6) is 1.58. The molecule has 0 atom stereocenters. The SMILES string of the molecule is Clc1ccc(-c2cc(CN3CCc4nc(C5=NCCCC5)ncc4C3)no2)cc1. The van der Waals surface area contributed by atoms with Crippen LogP contribution < -0.4 is 0 Å². The quantitative estimate of drug-likeness (QED) is 0.644. The summed E-state index contributed by atoms with van der Waals surface area (Å²) in [4.78, 5) is 16.4. The summed E-state index contributed by atoms with van der Waals surface area (Å²) >= 11 is 5.96. The van der Waals surface area contributed by atoms with Crippen LogP contribution in [0.3, 0.4) is 0 Å². The van der Waals surface area contributed by atoms with Gasteiger partial charge >= 0.3 is 0 Å². The normalized spacial score (nSPS) is 17.1. The summed E-state index contributed by atoms with van der Waals surface area (Å²) < 4.78 is 5.53. The molecule has 0 amide bonds. The number of nitrogens with zero attached hydrogens (tertiary/aromatic N) is 5. The zero-order valence-corrected chi connectivity index (χ0v) is 16.9. The van der Waals surface area contributed by atoms with E-state index in [0.29, 0.717) is 5.02 Å². The fraction of sp³-hybridized carbons (Fsp3) is 0.364. The smallest absolute Gasteiger partial charge is 0.173 e. The number of rotatable bonds is 4. The number of aromatic nitrogens is 3. The van der Waals surface area contributed by atoms with Crippen LogP contribution in [0.5, 0.6) is 0 Å². The molecule has 2 aromatic heterocycles. The Morgan fingerprint density at radius 2 is 2.00 bits per heavy atom. The van der Waals surface area contributed by atoms with Gasteiger partial charge in [-0.25, -0.2) is 9.97 Å². The predicted octanol–water partition coefficient (Wildman–Crippen LogP) is 4.32. The summed E-state index contributed by atoms with van der Waals surface area (Å²) in [6.07, 6.45) is 6.24. The van der Waals surface area contributed by atoms with Gasteiger partial charge in [0.1, 0.15) is 0 Å². The van der Waals surface area contributed by atoms with Gasteiger partial charge in [0, 0.05) is 61.0 Å². The Kier molecular flexibility index (Phi) is 5.12. The van der Waals surface area contributed by atoms with Gasteiger partial charge in [-0.3, -0.25) is 9.89 Å². The van der Waals surface area contributed by atoms with Crippen molar-refractivity contribution in [1.29, 1.82) is 0 Å². The molecule has 0 unspecified atom stereocenters. The maximum Gasteiger partial charge on any atom is 0.173 e. The Balaban J connectivity index is 1.27. The van der Waals surface area contributed by atoms with E-state index < -0.39 is 0 Å². The van der Waals surface area contributed by atoms with E-state index in [2.05, 4.69) is 20.0 Å². The maximum atomic E-state index is 5.96. The number of hydrogen-bond acceptors (Lipinski definition) is 6. The Hall–Kier alpha value is -2.57. The molecule has 0 saturated heterocycles. The van der Waals surface area contributed by atoms with E-state index in [4.69, 9.17) is 21.1 Å². The second-order valence-electron chi connectivity index (χ2n) is 7.60. The van der Waals surface area contributed by atoms with E-state index in [1.54, 1.807) is 0 Å². The molecule has 6 nitrogen and oxygen atoms in total. The van der Waals surface area contributed by atoms with E-state index in [1.165, 1.54) is 18.4 Å². The van der Waals surface area contributed by atoms with Crippen molar-refractivity contribution in [3.05, 3.63) is 64.3 Å². The fourth-order valence-corrected chi connectivity index (χ4v) is 4.02. The summed E-state index contributed by atoms with van der Waals surface area (Å²) in [7, 11) is 0. The van der Waals surface area contributed by atoms with E-state index >= 15 is 0 Å². The first-order valence-corrected chi connectivity index (χ1v) is 10.4. The fourth-order valence-electron chi connectivity index (χ4n) is 3.89. The molecule has 7 heteroatoms. The number of aliphatic imine (C=N–C) groups is 1. The lowest BCUT2D eigenvalue weighted by Crippen LogP contribution is -2.31. The second-order valence-corrected chi connectivity index (χ2v) is 8.04. The first-order valence-electron chi connectivity index (χ1n) is 10.1. The van der Waals surface area contributed by atoms with Crippen molar-refractivity contribution in [3.8, 4) is 11.3 Å². The third kappa shape index (κ3) is 4.09. The van der Waals surface area contributed by atoms with Gasteiger partial charge in [0.05, 0.1) is 17.1 Å². The highest BCUT2D eigenvalue weighted by molar-refractivity contribution is 6.30. The topological polar surface area (TPSA) is 67.4 Å². The van der Waals surface area contributed by atoms with Gasteiger partial charge in [0.2, 0.25) is 0 Å². The number of benzene rings is 1. The lowest BCUT2D eigenvalue weighted by molar-refractivity contribution is 0.235. The molecule has 4 heterocycles. The molecule has 0 saturated carbocycles. The summed E-state index contributed by atoms with van der Waals surface area (Å²) in [5.41, 5.74) is 5.31. The van der Waals surface area contributed by atoms with Crippen molar-refractivity contribution < 1.29 is 4.52 Å². The first kappa shape index (κ1) is 18.5. The second kappa shape index (κ2) is 8.05. The van der Waals surface area contributed by atoms with Crippen LogP contribution in [-0.4, -0.2) is 38.8 Å². The van der Waals surface area contributed by atoms with Crippen LogP contribution in [0.2, 0.25) is 5.02 Å². The van der Waals surface area contributed by atoms with Crippen LogP contribution in [0.15, 0.2) is 46.0 Å². The van der Waals surface area contributed by atoms with Gasteiger partial charge < -0.3 is 4.52 Å². The van der Waals surface area contributed by atoms with Crippen molar-refractivity contribution in [3.63, 3.8) is 0 Å². The van der Waals surface area contributed by atoms with Crippen molar-refractivity contribution in [2.45, 2.75) is 38.8 Å². The van der Waals surface area contributed by atoms with Gasteiger partial charge in [-0.05, 0) is 43.5 Å². The molecule has 1 aromatic carbocycles. The predicted molar refractivity (Wildman–Crippen MR) is 112 cm³/mol. The molecule has 0 N–H and O–H groups in total. The molecule has 5 rings (SSSR count). The molecular formula is C22H22ClN5O. The van der Waals surface area contributed by atoms with Crippen LogP contribution in [-0.2, 0) is 19.5 Å². The standard InChI is InChI=1S/C22H22ClN5O/c23-17-6-4-15(5-7-17)21-11-18(27-29-21)14-28-10-8-19-16(13-28)12-25-22(26-19)20-3-1-2-9-24-20/h4-7,11-12H,1-3,8-10,13-14H2. The van der Waals surface area contributed by atoms with Crippen LogP contribution in [0.4, 0.5) is 0 Å². The highest BCUT2D eigenvalue weighted by atomic mass is 35.5. The number of fused-ring (bicyclic) bond motifs is 1. The summed E-state index contributed by atoms with van der Waals surface area (Å²) in [6.45, 7) is 3.41. The Labute approximate surface area is 174 Å². The Bertz CT molecular complexity index is 1040. The third-order valence-electron chi connectivity index (χ3n) is 5.47.